The molecule has 0 spiro atoms. The van der Waals surface area contributed by atoms with Crippen LogP contribution in [0.15, 0.2) is 23.1 Å². The number of fused-ring (bicyclic) bond motifs is 1. The largest absolute Gasteiger partial charge is 0.380 e. The number of pyridine rings is 1. The van der Waals surface area contributed by atoms with Gasteiger partial charge in [-0.1, -0.05) is 32.1 Å². The molecule has 2 aliphatic rings. The lowest BCUT2D eigenvalue weighted by Crippen LogP contribution is -2.31. The Morgan fingerprint density at radius 1 is 1.06 bits per heavy atom. The van der Waals surface area contributed by atoms with Crippen molar-refractivity contribution in [3.8, 4) is 0 Å². The fraction of sp³-hybridized carbons (Fsp3) is 0.522. The number of nitrogens with one attached hydrogen (secondary N) is 2. The molecule has 1 heterocycles. The Bertz CT molecular complexity index is 1050. The number of amides is 1. The number of aromatic nitrogens is 1. The second-order valence-corrected chi connectivity index (χ2v) is 8.57. The summed E-state index contributed by atoms with van der Waals surface area (Å²) in [6.45, 7) is 1.15. The molecule has 0 unspecified atom stereocenters. The van der Waals surface area contributed by atoms with Gasteiger partial charge in [0.15, 0.2) is 0 Å². The third-order valence-electron chi connectivity index (χ3n) is 6.34. The maximum absolute atomic E-state index is 15.0. The van der Waals surface area contributed by atoms with E-state index in [-0.39, 0.29) is 23.0 Å². The number of halogens is 1. The number of nitrogens with zero attached hydrogens (tertiary/aromatic N) is 1. The van der Waals surface area contributed by atoms with E-state index in [9.17, 15) is 18.8 Å². The number of carbonyl (C=O) groups excluding carboxylic acids is 2. The first kappa shape index (κ1) is 21.3. The second-order valence-electron chi connectivity index (χ2n) is 8.57. The summed E-state index contributed by atoms with van der Waals surface area (Å²) in [5.41, 5.74) is 2.24. The molecule has 2 N–H and O–H groups in total. The van der Waals surface area contributed by atoms with E-state index in [1.165, 1.54) is 18.7 Å². The van der Waals surface area contributed by atoms with Crippen LogP contribution in [0.5, 0.6) is 0 Å². The van der Waals surface area contributed by atoms with Gasteiger partial charge in [-0.15, -0.1) is 0 Å². The Balaban J connectivity index is 1.79. The molecule has 0 bridgehead atoms. The highest BCUT2D eigenvalue weighted by Crippen LogP contribution is 2.33. The Labute approximate surface area is 179 Å². The molecule has 1 aromatic carbocycles. The SMILES string of the molecule is CC(=O)ONC(=O)c1cn(C2CCCC2)c2cc(NC3CCCCC3)c(F)cc2c1=O. The third kappa shape index (κ3) is 4.57. The summed E-state index contributed by atoms with van der Waals surface area (Å²) >= 11 is 0. The van der Waals surface area contributed by atoms with E-state index >= 15 is 0 Å². The highest BCUT2D eigenvalue weighted by atomic mass is 19.1. The monoisotopic (exact) mass is 429 g/mol. The molecule has 2 fully saturated rings. The van der Waals surface area contributed by atoms with Gasteiger partial charge in [0.2, 0.25) is 5.43 Å². The van der Waals surface area contributed by atoms with Crippen LogP contribution in [0.1, 0.15) is 81.1 Å². The molecule has 8 heteroatoms. The van der Waals surface area contributed by atoms with Crippen LogP contribution in [0, 0.1) is 5.82 Å². The molecule has 31 heavy (non-hydrogen) atoms. The molecule has 2 aliphatic carbocycles. The van der Waals surface area contributed by atoms with Gasteiger partial charge in [0.1, 0.15) is 11.4 Å². The molecule has 2 aromatic rings. The molecule has 0 aliphatic heterocycles. The first-order valence-corrected chi connectivity index (χ1v) is 11.1. The van der Waals surface area contributed by atoms with Crippen molar-refractivity contribution in [2.45, 2.75) is 76.8 Å². The third-order valence-corrected chi connectivity index (χ3v) is 6.34. The van der Waals surface area contributed by atoms with Gasteiger partial charge in [-0.3, -0.25) is 14.4 Å². The lowest BCUT2D eigenvalue weighted by atomic mass is 9.95. The normalized spacial score (nSPS) is 17.6. The Hall–Kier alpha value is -2.90. The van der Waals surface area contributed by atoms with Crippen molar-refractivity contribution < 1.29 is 18.8 Å². The average molecular weight is 429 g/mol. The van der Waals surface area contributed by atoms with E-state index in [4.69, 9.17) is 0 Å². The number of carbonyl (C=O) groups is 2. The molecule has 1 amide bonds. The zero-order valence-electron chi connectivity index (χ0n) is 17.7. The maximum atomic E-state index is 15.0. The first-order valence-electron chi connectivity index (χ1n) is 11.1. The van der Waals surface area contributed by atoms with Crippen molar-refractivity contribution in [3.05, 3.63) is 39.9 Å². The zero-order chi connectivity index (χ0) is 22.0. The second kappa shape index (κ2) is 9.08. The van der Waals surface area contributed by atoms with Crippen LogP contribution in [0.4, 0.5) is 10.1 Å². The van der Waals surface area contributed by atoms with Crippen molar-refractivity contribution in [2.24, 2.45) is 0 Å². The molecule has 4 rings (SSSR count). The van der Waals surface area contributed by atoms with Crippen LogP contribution in [-0.2, 0) is 9.63 Å². The molecule has 0 radical (unpaired) electrons. The first-order chi connectivity index (χ1) is 14.9. The van der Waals surface area contributed by atoms with Crippen molar-refractivity contribution in [1.29, 1.82) is 0 Å². The van der Waals surface area contributed by atoms with Crippen molar-refractivity contribution >= 4 is 28.5 Å². The topological polar surface area (TPSA) is 89.4 Å². The van der Waals surface area contributed by atoms with Gasteiger partial charge in [0.05, 0.1) is 11.2 Å². The smallest absolute Gasteiger partial charge is 0.329 e. The average Bonchev–Trinajstić information content (AvgIpc) is 3.29. The summed E-state index contributed by atoms with van der Waals surface area (Å²) in [4.78, 5) is 41.1. The van der Waals surface area contributed by atoms with Crippen molar-refractivity contribution in [2.75, 3.05) is 5.32 Å². The standard InChI is InChI=1S/C23H28FN3O4/c1-14(28)31-26-23(30)18-13-27(16-9-5-6-10-16)21-12-20(19(24)11-17(21)22(18)29)25-15-7-3-2-4-8-15/h11-13,15-16,25H,2-10H2,1H3,(H,26,30). The Kier molecular flexibility index (Phi) is 6.25. The van der Waals surface area contributed by atoms with Gasteiger partial charge in [0.25, 0.3) is 5.91 Å². The molecule has 0 atom stereocenters. The van der Waals surface area contributed by atoms with Crippen LogP contribution in [0.2, 0.25) is 0 Å². The van der Waals surface area contributed by atoms with Crippen LogP contribution in [0.3, 0.4) is 0 Å². The number of benzene rings is 1. The fourth-order valence-corrected chi connectivity index (χ4v) is 4.77. The fourth-order valence-electron chi connectivity index (χ4n) is 4.77. The summed E-state index contributed by atoms with van der Waals surface area (Å²) in [5.74, 6) is -2.03. The van der Waals surface area contributed by atoms with Gasteiger partial charge in [-0.05, 0) is 37.8 Å². The Morgan fingerprint density at radius 3 is 2.42 bits per heavy atom. The molecular weight excluding hydrogens is 401 g/mol. The zero-order valence-corrected chi connectivity index (χ0v) is 17.7. The van der Waals surface area contributed by atoms with E-state index in [1.54, 1.807) is 6.07 Å². The van der Waals surface area contributed by atoms with Gasteiger partial charge in [0, 0.05) is 30.6 Å². The summed E-state index contributed by atoms with van der Waals surface area (Å²) in [6, 6.07) is 3.27. The maximum Gasteiger partial charge on any atom is 0.329 e. The number of hydrogen-bond donors (Lipinski definition) is 2. The lowest BCUT2D eigenvalue weighted by molar-refractivity contribution is -0.146. The van der Waals surface area contributed by atoms with Crippen LogP contribution >= 0.6 is 0 Å². The quantitative estimate of drug-likeness (QED) is 0.711. The molecule has 166 valence electrons. The van der Waals surface area contributed by atoms with Crippen molar-refractivity contribution in [3.63, 3.8) is 0 Å². The molecule has 0 saturated heterocycles. The van der Waals surface area contributed by atoms with Crippen LogP contribution in [-0.4, -0.2) is 22.5 Å². The van der Waals surface area contributed by atoms with Gasteiger partial charge < -0.3 is 14.7 Å². The lowest BCUT2D eigenvalue weighted by Gasteiger charge is -2.25. The van der Waals surface area contributed by atoms with Crippen LogP contribution < -0.4 is 16.2 Å². The summed E-state index contributed by atoms with van der Waals surface area (Å²) in [6.07, 6.45) is 10.9. The number of anilines is 1. The van der Waals surface area contributed by atoms with Gasteiger partial charge in [-0.25, -0.2) is 4.39 Å². The Morgan fingerprint density at radius 2 is 1.74 bits per heavy atom. The number of hydrogen-bond acceptors (Lipinski definition) is 5. The summed E-state index contributed by atoms with van der Waals surface area (Å²) in [5, 5.41) is 3.47. The van der Waals surface area contributed by atoms with E-state index < -0.39 is 23.1 Å². The minimum absolute atomic E-state index is 0.122. The van der Waals surface area contributed by atoms with E-state index in [0.29, 0.717) is 11.2 Å². The van der Waals surface area contributed by atoms with E-state index in [2.05, 4.69) is 10.2 Å². The number of rotatable bonds is 4. The predicted octanol–water partition coefficient (Wildman–Crippen LogP) is 4.21. The minimum Gasteiger partial charge on any atom is -0.380 e. The summed E-state index contributed by atoms with van der Waals surface area (Å²) < 4.78 is 16.9. The highest BCUT2D eigenvalue weighted by Gasteiger charge is 2.24. The molecule has 7 nitrogen and oxygen atoms in total. The minimum atomic E-state index is -0.821. The number of hydroxylamine groups is 1. The summed E-state index contributed by atoms with van der Waals surface area (Å²) in [7, 11) is 0. The van der Waals surface area contributed by atoms with E-state index in [0.717, 1.165) is 58.3 Å². The van der Waals surface area contributed by atoms with Gasteiger partial charge in [-0.2, -0.15) is 5.48 Å². The highest BCUT2D eigenvalue weighted by molar-refractivity contribution is 5.97. The molecule has 1 aromatic heterocycles. The van der Waals surface area contributed by atoms with Crippen molar-refractivity contribution in [1.82, 2.24) is 10.0 Å². The van der Waals surface area contributed by atoms with E-state index in [1.807, 2.05) is 10.0 Å². The molecular formula is C23H28FN3O4. The van der Waals surface area contributed by atoms with Gasteiger partial charge >= 0.3 is 5.97 Å². The predicted molar refractivity (Wildman–Crippen MR) is 115 cm³/mol. The molecule has 2 saturated carbocycles. The van der Waals surface area contributed by atoms with Crippen LogP contribution in [0.25, 0.3) is 10.9 Å².